The Balaban J connectivity index is 1.60. The molecule has 4 N–H and O–H groups in total. The molecule has 1 aliphatic rings. The molecule has 1 aliphatic carbocycles. The summed E-state index contributed by atoms with van der Waals surface area (Å²) in [5.41, 5.74) is 6.46. The molecule has 2 aromatic heterocycles. The van der Waals surface area contributed by atoms with Gasteiger partial charge in [-0.2, -0.15) is 0 Å². The Hall–Kier alpha value is -4.20. The highest BCUT2D eigenvalue weighted by molar-refractivity contribution is 5.92. The van der Waals surface area contributed by atoms with Gasteiger partial charge in [0.1, 0.15) is 12.4 Å². The van der Waals surface area contributed by atoms with Gasteiger partial charge in [-0.05, 0) is 28.3 Å². The average Bonchev–Trinajstić information content (AvgIpc) is 3.32. The minimum absolute atomic E-state index is 0.393. The van der Waals surface area contributed by atoms with Gasteiger partial charge in [-0.1, -0.05) is 42.5 Å². The second kappa shape index (κ2) is 7.00. The smallest absolute Gasteiger partial charge is 0.323 e. The van der Waals surface area contributed by atoms with E-state index in [1.807, 2.05) is 48.5 Å². The second-order valence-corrected chi connectivity index (χ2v) is 6.99. The van der Waals surface area contributed by atoms with Crippen LogP contribution in [0.5, 0.6) is 0 Å². The van der Waals surface area contributed by atoms with Crippen LogP contribution < -0.4 is 10.6 Å². The normalized spacial score (nSPS) is 14.2. The minimum Gasteiger partial charge on any atom is -0.480 e. The number of carbonyl (C=O) groups excluding carboxylic acids is 1. The Kier molecular flexibility index (Phi) is 4.17. The monoisotopic (exact) mass is 399 g/mol. The number of urea groups is 1. The van der Waals surface area contributed by atoms with Crippen LogP contribution in [0.2, 0.25) is 0 Å². The van der Waals surface area contributed by atoms with Gasteiger partial charge in [0.15, 0.2) is 0 Å². The van der Waals surface area contributed by atoms with Crippen LogP contribution in [-0.4, -0.2) is 38.6 Å². The standard InChI is InChI=1S/C22H17N5O3/c28-18(29)11-24-22(30)27-20-13-5-2-1-4-12(13)19-14(20)6-3-7-15(19)21-25-16-8-9-23-10-17(16)26-21/h1-10,20H,11H2,(H,25,26)(H,28,29)(H2,24,27,30). The summed E-state index contributed by atoms with van der Waals surface area (Å²) in [6.45, 7) is -0.444. The summed E-state index contributed by atoms with van der Waals surface area (Å²) in [5.74, 6) is -0.375. The Labute approximate surface area is 171 Å². The average molecular weight is 399 g/mol. The van der Waals surface area contributed by atoms with Crippen molar-refractivity contribution in [3.63, 3.8) is 0 Å². The number of fused-ring (bicyclic) bond motifs is 4. The number of aliphatic carboxylic acids is 1. The van der Waals surface area contributed by atoms with E-state index in [1.165, 1.54) is 0 Å². The largest absolute Gasteiger partial charge is 0.480 e. The maximum Gasteiger partial charge on any atom is 0.323 e. The van der Waals surface area contributed by atoms with Gasteiger partial charge in [0.2, 0.25) is 0 Å². The summed E-state index contributed by atoms with van der Waals surface area (Å²) in [4.78, 5) is 35.2. The fourth-order valence-electron chi connectivity index (χ4n) is 3.93. The fourth-order valence-corrected chi connectivity index (χ4v) is 3.93. The molecule has 8 heteroatoms. The Bertz CT molecular complexity index is 1260. The lowest BCUT2D eigenvalue weighted by Gasteiger charge is -2.16. The molecule has 0 bridgehead atoms. The van der Waals surface area contributed by atoms with Gasteiger partial charge in [-0.25, -0.2) is 9.78 Å². The number of rotatable bonds is 4. The number of aromatic nitrogens is 3. The second-order valence-electron chi connectivity index (χ2n) is 6.99. The topological polar surface area (TPSA) is 120 Å². The third kappa shape index (κ3) is 2.95. The number of amides is 2. The van der Waals surface area contributed by atoms with E-state index in [1.54, 1.807) is 12.4 Å². The predicted molar refractivity (Wildman–Crippen MR) is 111 cm³/mol. The molecule has 2 heterocycles. The predicted octanol–water partition coefficient (Wildman–Crippen LogP) is 3.08. The van der Waals surface area contributed by atoms with E-state index in [0.29, 0.717) is 0 Å². The molecule has 8 nitrogen and oxygen atoms in total. The number of carboxylic acid groups (broad SMARTS) is 1. The molecular formula is C22H17N5O3. The summed E-state index contributed by atoms with van der Waals surface area (Å²) >= 11 is 0. The Morgan fingerprint density at radius 1 is 1.03 bits per heavy atom. The molecule has 0 saturated carbocycles. The van der Waals surface area contributed by atoms with Crippen molar-refractivity contribution in [2.45, 2.75) is 6.04 Å². The van der Waals surface area contributed by atoms with Crippen molar-refractivity contribution in [1.82, 2.24) is 25.6 Å². The van der Waals surface area contributed by atoms with E-state index in [9.17, 15) is 9.59 Å². The van der Waals surface area contributed by atoms with Crippen LogP contribution in [0.4, 0.5) is 4.79 Å². The zero-order chi connectivity index (χ0) is 20.7. The Morgan fingerprint density at radius 2 is 1.83 bits per heavy atom. The van der Waals surface area contributed by atoms with Crippen molar-refractivity contribution < 1.29 is 14.7 Å². The zero-order valence-electron chi connectivity index (χ0n) is 15.7. The first-order valence-electron chi connectivity index (χ1n) is 9.40. The molecule has 0 aliphatic heterocycles. The van der Waals surface area contributed by atoms with Gasteiger partial charge >= 0.3 is 12.0 Å². The van der Waals surface area contributed by atoms with Crippen LogP contribution in [0.15, 0.2) is 60.9 Å². The molecule has 2 aromatic carbocycles. The van der Waals surface area contributed by atoms with Crippen LogP contribution >= 0.6 is 0 Å². The highest BCUT2D eigenvalue weighted by atomic mass is 16.4. The van der Waals surface area contributed by atoms with Gasteiger partial charge in [0, 0.05) is 11.8 Å². The SMILES string of the molecule is O=C(O)CNC(=O)NC1c2ccccc2-c2c(-c3nc4ccncc4[nH]3)cccc21. The van der Waals surface area contributed by atoms with E-state index < -0.39 is 24.6 Å². The number of pyridine rings is 1. The molecule has 0 fully saturated rings. The van der Waals surface area contributed by atoms with Crippen molar-refractivity contribution in [3.05, 3.63) is 72.1 Å². The fraction of sp³-hybridized carbons (Fsp3) is 0.0909. The molecular weight excluding hydrogens is 382 g/mol. The molecule has 5 rings (SSSR count). The first-order chi connectivity index (χ1) is 14.6. The minimum atomic E-state index is -1.10. The maximum atomic E-state index is 12.3. The van der Waals surface area contributed by atoms with Crippen molar-refractivity contribution in [1.29, 1.82) is 0 Å². The van der Waals surface area contributed by atoms with Crippen LogP contribution in [0.25, 0.3) is 33.5 Å². The third-order valence-electron chi connectivity index (χ3n) is 5.16. The van der Waals surface area contributed by atoms with Gasteiger partial charge in [-0.3, -0.25) is 9.78 Å². The number of benzene rings is 2. The van der Waals surface area contributed by atoms with Gasteiger partial charge in [0.05, 0.1) is 23.3 Å². The van der Waals surface area contributed by atoms with Crippen molar-refractivity contribution in [2.75, 3.05) is 6.54 Å². The van der Waals surface area contributed by atoms with Crippen molar-refractivity contribution in [3.8, 4) is 22.5 Å². The Morgan fingerprint density at radius 3 is 2.67 bits per heavy atom. The van der Waals surface area contributed by atoms with E-state index in [0.717, 1.165) is 44.7 Å². The summed E-state index contributed by atoms with van der Waals surface area (Å²) in [6, 6.07) is 14.7. The van der Waals surface area contributed by atoms with Gasteiger partial charge in [0.25, 0.3) is 0 Å². The van der Waals surface area contributed by atoms with Gasteiger partial charge in [-0.15, -0.1) is 0 Å². The van der Waals surface area contributed by atoms with Crippen molar-refractivity contribution in [2.24, 2.45) is 0 Å². The number of carbonyl (C=O) groups is 2. The van der Waals surface area contributed by atoms with E-state index in [2.05, 4.69) is 20.6 Å². The molecule has 2 amide bonds. The molecule has 0 spiro atoms. The molecule has 30 heavy (non-hydrogen) atoms. The summed E-state index contributed by atoms with van der Waals surface area (Å²) in [6.07, 6.45) is 3.44. The maximum absolute atomic E-state index is 12.3. The number of nitrogens with one attached hydrogen (secondary N) is 3. The van der Waals surface area contributed by atoms with E-state index >= 15 is 0 Å². The molecule has 0 saturated heterocycles. The number of carboxylic acids is 1. The summed E-state index contributed by atoms with van der Waals surface area (Å²) in [7, 11) is 0. The lowest BCUT2D eigenvalue weighted by molar-refractivity contribution is -0.135. The highest BCUT2D eigenvalue weighted by Gasteiger charge is 2.32. The number of hydrogen-bond acceptors (Lipinski definition) is 4. The first-order valence-corrected chi connectivity index (χ1v) is 9.40. The highest BCUT2D eigenvalue weighted by Crippen LogP contribution is 2.47. The number of imidazole rings is 1. The summed E-state index contributed by atoms with van der Waals surface area (Å²) in [5, 5.41) is 14.1. The molecule has 148 valence electrons. The number of H-pyrrole nitrogens is 1. The van der Waals surface area contributed by atoms with Crippen LogP contribution in [0.3, 0.4) is 0 Å². The summed E-state index contributed by atoms with van der Waals surface area (Å²) < 4.78 is 0. The molecule has 1 atom stereocenters. The van der Waals surface area contributed by atoms with Gasteiger partial charge < -0.3 is 20.7 Å². The molecule has 1 unspecified atom stereocenters. The van der Waals surface area contributed by atoms with E-state index in [-0.39, 0.29) is 0 Å². The van der Waals surface area contributed by atoms with Crippen LogP contribution in [-0.2, 0) is 4.79 Å². The molecule has 4 aromatic rings. The first kappa shape index (κ1) is 17.9. The van der Waals surface area contributed by atoms with Crippen LogP contribution in [0, 0.1) is 0 Å². The lowest BCUT2D eigenvalue weighted by Crippen LogP contribution is -2.40. The lowest BCUT2D eigenvalue weighted by atomic mass is 9.99. The van der Waals surface area contributed by atoms with E-state index in [4.69, 9.17) is 10.1 Å². The van der Waals surface area contributed by atoms with Crippen molar-refractivity contribution >= 4 is 23.0 Å². The zero-order valence-corrected chi connectivity index (χ0v) is 15.7. The number of hydrogen-bond donors (Lipinski definition) is 4. The number of aromatic amines is 1. The third-order valence-corrected chi connectivity index (χ3v) is 5.16. The molecule has 0 radical (unpaired) electrons. The van der Waals surface area contributed by atoms with Crippen LogP contribution in [0.1, 0.15) is 17.2 Å². The number of nitrogens with zero attached hydrogens (tertiary/aromatic N) is 2. The quantitative estimate of drug-likeness (QED) is 0.420.